The molecule has 0 saturated carbocycles. The predicted octanol–water partition coefficient (Wildman–Crippen LogP) is 3.60. The van der Waals surface area contributed by atoms with Gasteiger partial charge in [-0.15, -0.1) is 0 Å². The van der Waals surface area contributed by atoms with Crippen LogP contribution in [-0.2, 0) is 6.54 Å². The number of aryl methyl sites for hydroxylation is 3. The minimum absolute atomic E-state index is 0.733. The van der Waals surface area contributed by atoms with Crippen LogP contribution in [0.3, 0.4) is 0 Å². The van der Waals surface area contributed by atoms with Crippen LogP contribution in [0.2, 0.25) is 5.02 Å². The molecule has 17 heavy (non-hydrogen) atoms. The summed E-state index contributed by atoms with van der Waals surface area (Å²) in [5.41, 5.74) is 5.48. The van der Waals surface area contributed by atoms with Crippen molar-refractivity contribution in [3.05, 3.63) is 45.7 Å². The maximum atomic E-state index is 6.13. The van der Waals surface area contributed by atoms with Crippen LogP contribution in [0.25, 0.3) is 0 Å². The summed E-state index contributed by atoms with van der Waals surface area (Å²) >= 11 is 6.13. The van der Waals surface area contributed by atoms with Gasteiger partial charge >= 0.3 is 0 Å². The number of nitrogens with one attached hydrogen (secondary N) is 2. The lowest BCUT2D eigenvalue weighted by atomic mass is 10.2. The third-order valence-corrected chi connectivity index (χ3v) is 3.19. The molecule has 4 heteroatoms. The molecule has 2 rings (SSSR count). The van der Waals surface area contributed by atoms with E-state index in [1.165, 1.54) is 11.1 Å². The van der Waals surface area contributed by atoms with Gasteiger partial charge in [-0.25, -0.2) is 0 Å². The normalized spacial score (nSPS) is 10.6. The van der Waals surface area contributed by atoms with E-state index < -0.39 is 0 Å². The SMILES string of the molecule is Cc1ccc(Cl)c(NCc2c(C)n[nH]c2C)c1. The van der Waals surface area contributed by atoms with Gasteiger partial charge in [0.25, 0.3) is 0 Å². The fraction of sp³-hybridized carbons (Fsp3) is 0.308. The standard InChI is InChI=1S/C13H16ClN3/c1-8-4-5-12(14)13(6-8)15-7-11-9(2)16-17-10(11)3/h4-6,15H,7H2,1-3H3,(H,16,17). The van der Waals surface area contributed by atoms with E-state index in [0.717, 1.165) is 28.6 Å². The molecule has 0 atom stereocenters. The third kappa shape index (κ3) is 2.61. The molecule has 2 N–H and O–H groups in total. The van der Waals surface area contributed by atoms with Crippen molar-refractivity contribution < 1.29 is 0 Å². The van der Waals surface area contributed by atoms with Crippen LogP contribution in [0.1, 0.15) is 22.5 Å². The van der Waals surface area contributed by atoms with Crippen LogP contribution in [-0.4, -0.2) is 10.2 Å². The second-order valence-electron chi connectivity index (χ2n) is 4.25. The lowest BCUT2D eigenvalue weighted by Crippen LogP contribution is -2.02. The fourth-order valence-corrected chi connectivity index (χ4v) is 1.98. The van der Waals surface area contributed by atoms with Gasteiger partial charge in [-0.05, 0) is 38.5 Å². The molecule has 0 aliphatic rings. The summed E-state index contributed by atoms with van der Waals surface area (Å²) in [6.45, 7) is 6.81. The summed E-state index contributed by atoms with van der Waals surface area (Å²) < 4.78 is 0. The molecule has 1 aromatic carbocycles. The van der Waals surface area contributed by atoms with Crippen LogP contribution in [0.15, 0.2) is 18.2 Å². The van der Waals surface area contributed by atoms with Crippen LogP contribution in [0.5, 0.6) is 0 Å². The second kappa shape index (κ2) is 4.80. The van der Waals surface area contributed by atoms with E-state index in [-0.39, 0.29) is 0 Å². The molecule has 0 aliphatic carbocycles. The van der Waals surface area contributed by atoms with Crippen LogP contribution >= 0.6 is 11.6 Å². The predicted molar refractivity (Wildman–Crippen MR) is 71.6 cm³/mol. The monoisotopic (exact) mass is 249 g/mol. The molecule has 1 heterocycles. The Kier molecular flexibility index (Phi) is 3.38. The van der Waals surface area contributed by atoms with Crippen LogP contribution in [0, 0.1) is 20.8 Å². The van der Waals surface area contributed by atoms with Crippen molar-refractivity contribution in [2.45, 2.75) is 27.3 Å². The first-order valence-electron chi connectivity index (χ1n) is 5.58. The van der Waals surface area contributed by atoms with Crippen molar-refractivity contribution in [1.29, 1.82) is 0 Å². The summed E-state index contributed by atoms with van der Waals surface area (Å²) in [7, 11) is 0. The topological polar surface area (TPSA) is 40.7 Å². The van der Waals surface area contributed by atoms with Crippen LogP contribution < -0.4 is 5.32 Å². The van der Waals surface area contributed by atoms with Gasteiger partial charge < -0.3 is 5.32 Å². The van der Waals surface area contributed by atoms with Gasteiger partial charge in [-0.3, -0.25) is 5.10 Å². The Morgan fingerprint density at radius 1 is 1.29 bits per heavy atom. The summed E-state index contributed by atoms with van der Waals surface area (Å²) in [5.74, 6) is 0. The van der Waals surface area contributed by atoms with Gasteiger partial charge in [-0.2, -0.15) is 5.10 Å². The Hall–Kier alpha value is -1.48. The van der Waals surface area contributed by atoms with Crippen molar-refractivity contribution in [2.75, 3.05) is 5.32 Å². The van der Waals surface area contributed by atoms with E-state index in [0.29, 0.717) is 0 Å². The van der Waals surface area contributed by atoms with E-state index >= 15 is 0 Å². The van der Waals surface area contributed by atoms with Crippen molar-refractivity contribution in [1.82, 2.24) is 10.2 Å². The van der Waals surface area contributed by atoms with Gasteiger partial charge in [0.15, 0.2) is 0 Å². The highest BCUT2D eigenvalue weighted by Crippen LogP contribution is 2.23. The van der Waals surface area contributed by atoms with Crippen molar-refractivity contribution >= 4 is 17.3 Å². The van der Waals surface area contributed by atoms with Gasteiger partial charge in [0.1, 0.15) is 0 Å². The highest BCUT2D eigenvalue weighted by molar-refractivity contribution is 6.33. The number of anilines is 1. The fourth-order valence-electron chi connectivity index (χ4n) is 1.79. The Labute approximate surface area is 106 Å². The summed E-state index contributed by atoms with van der Waals surface area (Å²) in [4.78, 5) is 0. The zero-order chi connectivity index (χ0) is 12.4. The number of benzene rings is 1. The molecule has 0 aliphatic heterocycles. The lowest BCUT2D eigenvalue weighted by molar-refractivity contribution is 1.02. The molecular weight excluding hydrogens is 234 g/mol. The number of aromatic amines is 1. The average molecular weight is 250 g/mol. The Balaban J connectivity index is 2.15. The van der Waals surface area contributed by atoms with Crippen molar-refractivity contribution in [3.63, 3.8) is 0 Å². The molecule has 0 spiro atoms. The Morgan fingerprint density at radius 2 is 2.06 bits per heavy atom. The summed E-state index contributed by atoms with van der Waals surface area (Å²) in [6.07, 6.45) is 0. The number of hydrogen-bond donors (Lipinski definition) is 2. The molecule has 0 radical (unpaired) electrons. The zero-order valence-electron chi connectivity index (χ0n) is 10.3. The molecule has 0 unspecified atom stereocenters. The number of hydrogen-bond acceptors (Lipinski definition) is 2. The molecule has 0 fully saturated rings. The molecule has 3 nitrogen and oxygen atoms in total. The first-order valence-corrected chi connectivity index (χ1v) is 5.96. The molecule has 0 bridgehead atoms. The largest absolute Gasteiger partial charge is 0.380 e. The van der Waals surface area contributed by atoms with Gasteiger partial charge in [0, 0.05) is 17.8 Å². The van der Waals surface area contributed by atoms with Crippen molar-refractivity contribution in [2.24, 2.45) is 0 Å². The number of H-pyrrole nitrogens is 1. The molecule has 90 valence electrons. The minimum Gasteiger partial charge on any atom is -0.380 e. The van der Waals surface area contributed by atoms with E-state index in [4.69, 9.17) is 11.6 Å². The van der Waals surface area contributed by atoms with Gasteiger partial charge in [-0.1, -0.05) is 17.7 Å². The molecule has 2 aromatic rings. The van der Waals surface area contributed by atoms with E-state index in [1.54, 1.807) is 0 Å². The maximum Gasteiger partial charge on any atom is 0.0643 e. The quantitative estimate of drug-likeness (QED) is 0.873. The summed E-state index contributed by atoms with van der Waals surface area (Å²) in [5, 5.41) is 11.2. The summed E-state index contributed by atoms with van der Waals surface area (Å²) in [6, 6.07) is 5.96. The minimum atomic E-state index is 0.733. The average Bonchev–Trinajstić information content (AvgIpc) is 2.61. The number of halogens is 1. The number of aromatic nitrogens is 2. The van der Waals surface area contributed by atoms with E-state index in [9.17, 15) is 0 Å². The van der Waals surface area contributed by atoms with Crippen LogP contribution in [0.4, 0.5) is 5.69 Å². The lowest BCUT2D eigenvalue weighted by Gasteiger charge is -2.09. The Morgan fingerprint density at radius 3 is 2.71 bits per heavy atom. The molecule has 1 aromatic heterocycles. The smallest absolute Gasteiger partial charge is 0.0643 e. The zero-order valence-corrected chi connectivity index (χ0v) is 11.0. The molecule has 0 amide bonds. The third-order valence-electron chi connectivity index (χ3n) is 2.86. The van der Waals surface area contributed by atoms with E-state index in [1.807, 2.05) is 32.0 Å². The van der Waals surface area contributed by atoms with Gasteiger partial charge in [0.2, 0.25) is 0 Å². The van der Waals surface area contributed by atoms with E-state index in [2.05, 4.69) is 22.4 Å². The highest BCUT2D eigenvalue weighted by atomic mass is 35.5. The number of nitrogens with zero attached hydrogens (tertiary/aromatic N) is 1. The molecule has 0 saturated heterocycles. The van der Waals surface area contributed by atoms with Gasteiger partial charge in [0.05, 0.1) is 16.4 Å². The van der Waals surface area contributed by atoms with Crippen molar-refractivity contribution in [3.8, 4) is 0 Å². The first-order chi connectivity index (χ1) is 8.08. The number of rotatable bonds is 3. The second-order valence-corrected chi connectivity index (χ2v) is 4.66. The highest BCUT2D eigenvalue weighted by Gasteiger charge is 2.07. The first kappa shape index (κ1) is 12.0. The maximum absolute atomic E-state index is 6.13. The Bertz CT molecular complexity index is 512. The molecular formula is C13H16ClN3.